The molecule has 1 saturated heterocycles. The van der Waals surface area contributed by atoms with E-state index in [0.29, 0.717) is 10.7 Å². The average molecular weight is 415 g/mol. The lowest BCUT2D eigenvalue weighted by atomic mass is 10.1. The van der Waals surface area contributed by atoms with Gasteiger partial charge in [-0.3, -0.25) is 19.3 Å². The summed E-state index contributed by atoms with van der Waals surface area (Å²) >= 11 is 5.84. The standard InChI is InChI=1S/C21H19ClN2O5/c1-13(14-2-6-16(22)7-3-14)23-18(25)12-29-21(28)15-4-8-17(9-5-15)24-19(26)10-11-20(24)27/h2-9,13H,10-12H2,1H3,(H,23,25)/t13-/m0/s1. The molecule has 29 heavy (non-hydrogen) atoms. The molecule has 0 bridgehead atoms. The Balaban J connectivity index is 1.52. The van der Waals surface area contributed by atoms with E-state index in [0.717, 1.165) is 10.5 Å². The van der Waals surface area contributed by atoms with Crippen LogP contribution >= 0.6 is 11.6 Å². The van der Waals surface area contributed by atoms with E-state index in [-0.39, 0.29) is 36.3 Å². The van der Waals surface area contributed by atoms with E-state index in [1.807, 2.05) is 6.92 Å². The molecule has 0 aromatic heterocycles. The van der Waals surface area contributed by atoms with E-state index >= 15 is 0 Å². The number of esters is 1. The van der Waals surface area contributed by atoms with Crippen LogP contribution in [-0.4, -0.2) is 30.3 Å². The van der Waals surface area contributed by atoms with E-state index in [9.17, 15) is 19.2 Å². The van der Waals surface area contributed by atoms with Gasteiger partial charge in [-0.05, 0) is 48.9 Å². The molecule has 8 heteroatoms. The third-order valence-electron chi connectivity index (χ3n) is 4.49. The Kier molecular flexibility index (Phi) is 6.29. The maximum Gasteiger partial charge on any atom is 0.338 e. The topological polar surface area (TPSA) is 92.8 Å². The molecule has 1 heterocycles. The number of nitrogens with zero attached hydrogens (tertiary/aromatic N) is 1. The maximum absolute atomic E-state index is 12.1. The minimum Gasteiger partial charge on any atom is -0.452 e. The van der Waals surface area contributed by atoms with Crippen molar-refractivity contribution >= 4 is 41.0 Å². The van der Waals surface area contributed by atoms with Crippen LogP contribution in [0.15, 0.2) is 48.5 Å². The van der Waals surface area contributed by atoms with Crippen molar-refractivity contribution in [1.82, 2.24) is 5.32 Å². The Labute approximate surface area is 172 Å². The predicted molar refractivity (Wildman–Crippen MR) is 106 cm³/mol. The Morgan fingerprint density at radius 3 is 2.21 bits per heavy atom. The summed E-state index contributed by atoms with van der Waals surface area (Å²) in [5, 5.41) is 3.34. The van der Waals surface area contributed by atoms with E-state index in [4.69, 9.17) is 16.3 Å². The van der Waals surface area contributed by atoms with Gasteiger partial charge in [-0.1, -0.05) is 23.7 Å². The normalized spacial score (nSPS) is 14.6. The number of rotatable bonds is 6. The Hall–Kier alpha value is -3.19. The third kappa shape index (κ3) is 5.00. The van der Waals surface area contributed by atoms with Crippen LogP contribution in [0.5, 0.6) is 0 Å². The highest BCUT2D eigenvalue weighted by Gasteiger charge is 2.30. The van der Waals surface area contributed by atoms with E-state index in [2.05, 4.69) is 5.32 Å². The fourth-order valence-corrected chi connectivity index (χ4v) is 3.07. The van der Waals surface area contributed by atoms with Crippen LogP contribution in [0.2, 0.25) is 5.02 Å². The summed E-state index contributed by atoms with van der Waals surface area (Å²) in [6.07, 6.45) is 0.373. The average Bonchev–Trinajstić information content (AvgIpc) is 3.05. The Morgan fingerprint density at radius 1 is 1.03 bits per heavy atom. The third-order valence-corrected chi connectivity index (χ3v) is 4.75. The number of anilines is 1. The van der Waals surface area contributed by atoms with Crippen LogP contribution in [0.1, 0.15) is 41.7 Å². The highest BCUT2D eigenvalue weighted by Crippen LogP contribution is 2.23. The molecule has 2 aromatic carbocycles. The van der Waals surface area contributed by atoms with Crippen molar-refractivity contribution in [1.29, 1.82) is 0 Å². The smallest absolute Gasteiger partial charge is 0.338 e. The minimum atomic E-state index is -0.676. The fraction of sp³-hybridized carbons (Fsp3) is 0.238. The first-order chi connectivity index (χ1) is 13.8. The van der Waals surface area contributed by atoms with Crippen molar-refractivity contribution < 1.29 is 23.9 Å². The van der Waals surface area contributed by atoms with Gasteiger partial charge in [0.25, 0.3) is 5.91 Å². The summed E-state index contributed by atoms with van der Waals surface area (Å²) in [4.78, 5) is 48.8. The molecular weight excluding hydrogens is 396 g/mol. The Morgan fingerprint density at radius 2 is 1.62 bits per heavy atom. The summed E-state index contributed by atoms with van der Waals surface area (Å²) in [5.41, 5.74) is 1.49. The molecule has 1 aliphatic rings. The van der Waals surface area contributed by atoms with Gasteiger partial charge in [0.2, 0.25) is 11.8 Å². The van der Waals surface area contributed by atoms with Crippen LogP contribution in [-0.2, 0) is 19.1 Å². The number of amides is 3. The van der Waals surface area contributed by atoms with E-state index in [1.165, 1.54) is 24.3 Å². The lowest BCUT2D eigenvalue weighted by Crippen LogP contribution is -2.31. The highest BCUT2D eigenvalue weighted by atomic mass is 35.5. The monoisotopic (exact) mass is 414 g/mol. The number of imide groups is 1. The summed E-state index contributed by atoms with van der Waals surface area (Å²) in [6.45, 7) is 1.38. The first-order valence-electron chi connectivity index (χ1n) is 9.03. The van der Waals surface area contributed by atoms with Crippen LogP contribution in [0.25, 0.3) is 0 Å². The molecule has 0 unspecified atom stereocenters. The van der Waals surface area contributed by atoms with Crippen molar-refractivity contribution in [2.75, 3.05) is 11.5 Å². The van der Waals surface area contributed by atoms with Gasteiger partial charge in [-0.15, -0.1) is 0 Å². The number of hydrogen-bond acceptors (Lipinski definition) is 5. The van der Waals surface area contributed by atoms with Gasteiger partial charge in [0.1, 0.15) is 0 Å². The van der Waals surface area contributed by atoms with Crippen molar-refractivity contribution in [2.24, 2.45) is 0 Å². The van der Waals surface area contributed by atoms with Gasteiger partial charge in [-0.25, -0.2) is 4.79 Å². The van der Waals surface area contributed by atoms with Crippen molar-refractivity contribution in [2.45, 2.75) is 25.8 Å². The number of carbonyl (C=O) groups is 4. The number of ether oxygens (including phenoxy) is 1. The number of halogens is 1. The van der Waals surface area contributed by atoms with Gasteiger partial charge >= 0.3 is 5.97 Å². The molecule has 1 fully saturated rings. The molecule has 150 valence electrons. The number of carbonyl (C=O) groups excluding carboxylic acids is 4. The molecule has 3 amide bonds. The van der Waals surface area contributed by atoms with Crippen molar-refractivity contribution in [3.8, 4) is 0 Å². The molecule has 0 saturated carbocycles. The highest BCUT2D eigenvalue weighted by molar-refractivity contribution is 6.30. The summed E-state index contributed by atoms with van der Waals surface area (Å²) in [5.74, 6) is -1.65. The van der Waals surface area contributed by atoms with Crippen LogP contribution < -0.4 is 10.2 Å². The molecule has 0 spiro atoms. The lowest BCUT2D eigenvalue weighted by Gasteiger charge is -2.15. The Bertz CT molecular complexity index is 925. The molecule has 1 atom stereocenters. The number of nitrogens with one attached hydrogen (secondary N) is 1. The zero-order valence-corrected chi connectivity index (χ0v) is 16.4. The van der Waals surface area contributed by atoms with Crippen LogP contribution in [0.3, 0.4) is 0 Å². The van der Waals surface area contributed by atoms with Crippen LogP contribution in [0, 0.1) is 0 Å². The molecule has 1 aliphatic heterocycles. The first kappa shape index (κ1) is 20.5. The molecule has 2 aromatic rings. The second kappa shape index (κ2) is 8.87. The second-order valence-electron chi connectivity index (χ2n) is 6.59. The van der Waals surface area contributed by atoms with Crippen LogP contribution in [0.4, 0.5) is 5.69 Å². The van der Waals surface area contributed by atoms with Gasteiger partial charge in [0.05, 0.1) is 17.3 Å². The number of benzene rings is 2. The first-order valence-corrected chi connectivity index (χ1v) is 9.41. The second-order valence-corrected chi connectivity index (χ2v) is 7.02. The van der Waals surface area contributed by atoms with Crippen molar-refractivity contribution in [3.05, 3.63) is 64.7 Å². The fourth-order valence-electron chi connectivity index (χ4n) is 2.94. The maximum atomic E-state index is 12.1. The number of hydrogen-bond donors (Lipinski definition) is 1. The van der Waals surface area contributed by atoms with E-state index in [1.54, 1.807) is 24.3 Å². The van der Waals surface area contributed by atoms with E-state index < -0.39 is 18.5 Å². The van der Waals surface area contributed by atoms with Gasteiger partial charge in [0, 0.05) is 17.9 Å². The molecular formula is C21H19ClN2O5. The van der Waals surface area contributed by atoms with Gasteiger partial charge in [0.15, 0.2) is 6.61 Å². The van der Waals surface area contributed by atoms with Crippen molar-refractivity contribution in [3.63, 3.8) is 0 Å². The summed E-state index contributed by atoms with van der Waals surface area (Å²) in [6, 6.07) is 12.7. The zero-order valence-electron chi connectivity index (χ0n) is 15.7. The molecule has 0 aliphatic carbocycles. The largest absolute Gasteiger partial charge is 0.452 e. The van der Waals surface area contributed by atoms with Gasteiger partial charge in [-0.2, -0.15) is 0 Å². The molecule has 3 rings (SSSR count). The minimum absolute atomic E-state index is 0.187. The quantitative estimate of drug-likeness (QED) is 0.579. The summed E-state index contributed by atoms with van der Waals surface area (Å²) in [7, 11) is 0. The molecule has 0 radical (unpaired) electrons. The predicted octanol–water partition coefficient (Wildman–Crippen LogP) is 3.03. The summed E-state index contributed by atoms with van der Waals surface area (Å²) < 4.78 is 5.03. The molecule has 7 nitrogen and oxygen atoms in total. The van der Waals surface area contributed by atoms with Gasteiger partial charge < -0.3 is 10.1 Å². The lowest BCUT2D eigenvalue weighted by molar-refractivity contribution is -0.125. The zero-order chi connectivity index (χ0) is 21.0. The molecule has 1 N–H and O–H groups in total. The SMILES string of the molecule is C[C@H](NC(=O)COC(=O)c1ccc(N2C(=O)CCC2=O)cc1)c1ccc(Cl)cc1.